The zero-order valence-corrected chi connectivity index (χ0v) is 14.2. The van der Waals surface area contributed by atoms with Crippen molar-refractivity contribution in [2.45, 2.75) is 20.8 Å². The molecule has 0 bridgehead atoms. The number of hydrogen-bond acceptors (Lipinski definition) is 5. The van der Waals surface area contributed by atoms with Gasteiger partial charge in [-0.3, -0.25) is 4.79 Å². The zero-order chi connectivity index (χ0) is 17.0. The summed E-state index contributed by atoms with van der Waals surface area (Å²) >= 11 is 5.96. The van der Waals surface area contributed by atoms with Gasteiger partial charge >= 0.3 is 6.01 Å². The Hall–Kier alpha value is -2.34. The summed E-state index contributed by atoms with van der Waals surface area (Å²) in [5.74, 6) is 0.0948. The second-order valence-corrected chi connectivity index (χ2v) is 5.22. The van der Waals surface area contributed by atoms with Gasteiger partial charge in [0.05, 0.1) is 36.4 Å². The van der Waals surface area contributed by atoms with E-state index in [0.717, 1.165) is 0 Å². The number of hydrogen-bond donors (Lipinski definition) is 1. The smallest absolute Gasteiger partial charge is 0.316 e. The molecule has 1 aromatic heterocycles. The number of benzene rings is 1. The largest absolute Gasteiger partial charge is 0.496 e. The van der Waals surface area contributed by atoms with E-state index >= 15 is 0 Å². The molecule has 23 heavy (non-hydrogen) atoms. The molecule has 2 aromatic rings. The second-order valence-electron chi connectivity index (χ2n) is 4.78. The molecular weight excluding hydrogens is 318 g/mol. The highest BCUT2D eigenvalue weighted by Gasteiger charge is 2.17. The number of anilines is 1. The zero-order valence-electron chi connectivity index (χ0n) is 13.4. The minimum atomic E-state index is -0.344. The van der Waals surface area contributed by atoms with Crippen LogP contribution in [0, 0.1) is 13.8 Å². The summed E-state index contributed by atoms with van der Waals surface area (Å²) in [6, 6.07) is 5.15. The molecule has 0 aliphatic heterocycles. The number of halogens is 1. The number of aromatic nitrogens is 2. The van der Waals surface area contributed by atoms with Gasteiger partial charge in [-0.25, -0.2) is 0 Å². The van der Waals surface area contributed by atoms with Crippen LogP contribution in [-0.2, 0) is 0 Å². The molecule has 0 fully saturated rings. The number of carbonyl (C=O) groups is 1. The lowest BCUT2D eigenvalue weighted by Gasteiger charge is -2.13. The molecule has 0 saturated heterocycles. The third-order valence-corrected chi connectivity index (χ3v) is 3.40. The van der Waals surface area contributed by atoms with Crippen LogP contribution in [0.5, 0.6) is 11.8 Å². The van der Waals surface area contributed by atoms with Crippen molar-refractivity contribution >= 4 is 23.2 Å². The van der Waals surface area contributed by atoms with Crippen molar-refractivity contribution in [2.24, 2.45) is 0 Å². The van der Waals surface area contributed by atoms with Crippen LogP contribution in [0.4, 0.5) is 5.69 Å². The number of rotatable bonds is 5. The number of methoxy groups -OCH3 is 1. The van der Waals surface area contributed by atoms with Gasteiger partial charge in [-0.1, -0.05) is 11.6 Å². The molecule has 1 amide bonds. The molecule has 2 rings (SSSR count). The molecule has 1 heterocycles. The van der Waals surface area contributed by atoms with E-state index in [9.17, 15) is 4.79 Å². The maximum absolute atomic E-state index is 12.5. The second kappa shape index (κ2) is 7.28. The predicted molar refractivity (Wildman–Crippen MR) is 88.6 cm³/mol. The van der Waals surface area contributed by atoms with Crippen LogP contribution in [0.3, 0.4) is 0 Å². The first-order valence-corrected chi connectivity index (χ1v) is 7.47. The topological polar surface area (TPSA) is 73.3 Å². The summed E-state index contributed by atoms with van der Waals surface area (Å²) < 4.78 is 10.5. The van der Waals surface area contributed by atoms with E-state index in [1.54, 1.807) is 32.0 Å². The molecule has 0 aliphatic rings. The number of aryl methyl sites for hydroxylation is 2. The summed E-state index contributed by atoms with van der Waals surface area (Å²) in [7, 11) is 1.50. The fraction of sp³-hybridized carbons (Fsp3) is 0.312. The summed E-state index contributed by atoms with van der Waals surface area (Å²) in [6.45, 7) is 5.89. The summed E-state index contributed by atoms with van der Waals surface area (Å²) in [6.07, 6.45) is 0. The third-order valence-electron chi connectivity index (χ3n) is 3.17. The van der Waals surface area contributed by atoms with Gasteiger partial charge in [-0.2, -0.15) is 9.97 Å². The summed E-state index contributed by atoms with van der Waals surface area (Å²) in [4.78, 5) is 21.0. The molecule has 0 aliphatic carbocycles. The number of carbonyl (C=O) groups excluding carboxylic acids is 1. The van der Waals surface area contributed by atoms with Gasteiger partial charge in [0.25, 0.3) is 5.91 Å². The van der Waals surface area contributed by atoms with Crippen LogP contribution in [0.2, 0.25) is 5.02 Å². The molecule has 0 spiro atoms. The third kappa shape index (κ3) is 3.90. The van der Waals surface area contributed by atoms with Crippen LogP contribution < -0.4 is 14.8 Å². The molecule has 0 unspecified atom stereocenters. The number of ether oxygens (including phenoxy) is 2. The van der Waals surface area contributed by atoms with Crippen LogP contribution in [0.1, 0.15) is 28.7 Å². The normalized spacial score (nSPS) is 10.3. The first kappa shape index (κ1) is 17.0. The molecule has 0 radical (unpaired) electrons. The van der Waals surface area contributed by atoms with E-state index in [1.807, 2.05) is 6.92 Å². The van der Waals surface area contributed by atoms with E-state index in [0.29, 0.717) is 46.0 Å². The standard InChI is InChI=1S/C16H18ClN3O3/c1-5-23-16-18-9(2)14(10(3)19-16)20-15(21)12-8-11(17)6-7-13(12)22-4/h6-8H,5H2,1-4H3,(H,20,21). The Labute approximate surface area is 139 Å². The van der Waals surface area contributed by atoms with Crippen molar-refractivity contribution in [1.82, 2.24) is 9.97 Å². The Balaban J connectivity index is 2.32. The average molecular weight is 336 g/mol. The van der Waals surface area contributed by atoms with E-state index in [2.05, 4.69) is 15.3 Å². The fourth-order valence-electron chi connectivity index (χ4n) is 2.10. The maximum Gasteiger partial charge on any atom is 0.316 e. The lowest BCUT2D eigenvalue weighted by Crippen LogP contribution is -2.16. The molecule has 1 N–H and O–H groups in total. The minimum Gasteiger partial charge on any atom is -0.496 e. The molecular formula is C16H18ClN3O3. The summed E-state index contributed by atoms with van der Waals surface area (Å²) in [5, 5.41) is 3.26. The highest BCUT2D eigenvalue weighted by molar-refractivity contribution is 6.31. The number of nitrogens with zero attached hydrogens (tertiary/aromatic N) is 2. The number of amides is 1. The quantitative estimate of drug-likeness (QED) is 0.906. The van der Waals surface area contributed by atoms with Crippen molar-refractivity contribution in [3.8, 4) is 11.8 Å². The first-order valence-electron chi connectivity index (χ1n) is 7.09. The summed E-state index contributed by atoms with van der Waals surface area (Å²) in [5.41, 5.74) is 2.12. The van der Waals surface area contributed by atoms with E-state index in [-0.39, 0.29) is 5.91 Å². The van der Waals surface area contributed by atoms with Gasteiger partial charge in [0.15, 0.2) is 0 Å². The van der Waals surface area contributed by atoms with Gasteiger partial charge in [-0.05, 0) is 39.0 Å². The van der Waals surface area contributed by atoms with E-state index < -0.39 is 0 Å². The van der Waals surface area contributed by atoms with Crippen LogP contribution in [0.15, 0.2) is 18.2 Å². The van der Waals surface area contributed by atoms with Crippen LogP contribution in [-0.4, -0.2) is 29.6 Å². The van der Waals surface area contributed by atoms with Gasteiger partial charge in [0, 0.05) is 5.02 Å². The molecule has 0 saturated carbocycles. The lowest BCUT2D eigenvalue weighted by molar-refractivity contribution is 0.102. The number of nitrogens with one attached hydrogen (secondary N) is 1. The van der Waals surface area contributed by atoms with Crippen molar-refractivity contribution < 1.29 is 14.3 Å². The Morgan fingerprint density at radius 1 is 1.26 bits per heavy atom. The Morgan fingerprint density at radius 3 is 2.48 bits per heavy atom. The van der Waals surface area contributed by atoms with E-state index in [1.165, 1.54) is 7.11 Å². The van der Waals surface area contributed by atoms with Gasteiger partial charge in [0.2, 0.25) is 0 Å². The van der Waals surface area contributed by atoms with Gasteiger partial charge < -0.3 is 14.8 Å². The van der Waals surface area contributed by atoms with Crippen molar-refractivity contribution in [2.75, 3.05) is 19.0 Å². The highest BCUT2D eigenvalue weighted by Crippen LogP contribution is 2.25. The van der Waals surface area contributed by atoms with Crippen molar-refractivity contribution in [3.05, 3.63) is 40.2 Å². The van der Waals surface area contributed by atoms with Crippen LogP contribution >= 0.6 is 11.6 Å². The van der Waals surface area contributed by atoms with Crippen LogP contribution in [0.25, 0.3) is 0 Å². The molecule has 1 aromatic carbocycles. The Morgan fingerprint density at radius 2 is 1.91 bits per heavy atom. The Kier molecular flexibility index (Phi) is 5.39. The first-order chi connectivity index (χ1) is 11.0. The minimum absolute atomic E-state index is 0.292. The van der Waals surface area contributed by atoms with Gasteiger partial charge in [-0.15, -0.1) is 0 Å². The van der Waals surface area contributed by atoms with Crippen molar-refractivity contribution in [1.29, 1.82) is 0 Å². The Bertz CT molecular complexity index is 712. The lowest BCUT2D eigenvalue weighted by atomic mass is 10.1. The monoisotopic (exact) mass is 335 g/mol. The van der Waals surface area contributed by atoms with Crippen molar-refractivity contribution in [3.63, 3.8) is 0 Å². The maximum atomic E-state index is 12.5. The highest BCUT2D eigenvalue weighted by atomic mass is 35.5. The fourth-order valence-corrected chi connectivity index (χ4v) is 2.27. The molecule has 0 atom stereocenters. The van der Waals surface area contributed by atoms with Gasteiger partial charge in [0.1, 0.15) is 5.75 Å². The molecule has 122 valence electrons. The molecule has 7 heteroatoms. The molecule has 6 nitrogen and oxygen atoms in total. The average Bonchev–Trinajstić information content (AvgIpc) is 2.51. The van der Waals surface area contributed by atoms with E-state index in [4.69, 9.17) is 21.1 Å². The predicted octanol–water partition coefficient (Wildman–Crippen LogP) is 3.41. The SMILES string of the molecule is CCOc1nc(C)c(NC(=O)c2cc(Cl)ccc2OC)c(C)n1.